The van der Waals surface area contributed by atoms with E-state index in [1.165, 1.54) is 16.7 Å². The number of carbonyl (C=O) groups excluding carboxylic acids is 1. The molecule has 1 aromatic carbocycles. The number of Topliss-reactive ketones (excluding diaryl/α,β-unsaturated/α-hetero) is 1. The summed E-state index contributed by atoms with van der Waals surface area (Å²) in [6.45, 7) is 7.17. The number of rotatable bonds is 3. The average Bonchev–Trinajstić information content (AvgIpc) is 2.72. The van der Waals surface area contributed by atoms with Gasteiger partial charge < -0.3 is 5.32 Å². The molecule has 1 aromatic rings. The molecule has 0 spiro atoms. The van der Waals surface area contributed by atoms with Crippen molar-refractivity contribution in [2.75, 3.05) is 6.54 Å². The minimum Gasteiger partial charge on any atom is -0.305 e. The number of nitrogens with one attached hydrogen (secondary N) is 1. The zero-order valence-electron chi connectivity index (χ0n) is 11.0. The van der Waals surface area contributed by atoms with Crippen molar-refractivity contribution < 1.29 is 4.79 Å². The summed E-state index contributed by atoms with van der Waals surface area (Å²) >= 11 is 0. The van der Waals surface area contributed by atoms with Crippen molar-refractivity contribution in [1.82, 2.24) is 5.32 Å². The van der Waals surface area contributed by atoms with Gasteiger partial charge in [-0.25, -0.2) is 0 Å². The van der Waals surface area contributed by atoms with E-state index in [1.807, 2.05) is 13.0 Å². The highest BCUT2D eigenvalue weighted by molar-refractivity contribution is 5.90. The highest BCUT2D eigenvalue weighted by Gasteiger charge is 2.35. The summed E-state index contributed by atoms with van der Waals surface area (Å²) in [6.07, 6.45) is 2.63. The maximum absolute atomic E-state index is 12.4. The second-order valence-corrected chi connectivity index (χ2v) is 5.33. The van der Waals surface area contributed by atoms with E-state index in [0.29, 0.717) is 12.2 Å². The van der Waals surface area contributed by atoms with Gasteiger partial charge >= 0.3 is 0 Å². The molecule has 0 saturated carbocycles. The topological polar surface area (TPSA) is 29.1 Å². The summed E-state index contributed by atoms with van der Waals surface area (Å²) < 4.78 is 0. The van der Waals surface area contributed by atoms with Crippen molar-refractivity contribution in [2.45, 2.75) is 45.6 Å². The highest BCUT2D eigenvalue weighted by Crippen LogP contribution is 2.23. The maximum Gasteiger partial charge on any atom is 0.156 e. The van der Waals surface area contributed by atoms with Gasteiger partial charge in [-0.05, 0) is 56.8 Å². The Morgan fingerprint density at radius 3 is 2.53 bits per heavy atom. The second-order valence-electron chi connectivity index (χ2n) is 5.33. The zero-order chi connectivity index (χ0) is 12.5. The lowest BCUT2D eigenvalue weighted by atomic mass is 9.88. The average molecular weight is 231 g/mol. The molecule has 1 atom stereocenters. The van der Waals surface area contributed by atoms with Crippen molar-refractivity contribution in [2.24, 2.45) is 0 Å². The Hall–Kier alpha value is -1.15. The normalized spacial score (nSPS) is 23.9. The number of aryl methyl sites for hydroxylation is 2. The molecule has 0 amide bonds. The molecule has 1 aliphatic heterocycles. The van der Waals surface area contributed by atoms with Gasteiger partial charge in [0, 0.05) is 6.42 Å². The van der Waals surface area contributed by atoms with Crippen LogP contribution >= 0.6 is 0 Å². The standard InChI is InChI=1S/C15H21NO/c1-11-6-4-7-12(2)13(11)10-14(17)15(3)8-5-9-16-15/h4,6-7,16H,5,8-10H2,1-3H3. The Morgan fingerprint density at radius 1 is 1.35 bits per heavy atom. The molecule has 0 radical (unpaired) electrons. The van der Waals surface area contributed by atoms with Gasteiger partial charge in [-0.1, -0.05) is 18.2 Å². The van der Waals surface area contributed by atoms with Crippen molar-refractivity contribution in [3.05, 3.63) is 34.9 Å². The monoisotopic (exact) mass is 231 g/mol. The molecule has 1 fully saturated rings. The van der Waals surface area contributed by atoms with Crippen molar-refractivity contribution in [1.29, 1.82) is 0 Å². The number of carbonyl (C=O) groups is 1. The van der Waals surface area contributed by atoms with E-state index in [0.717, 1.165) is 19.4 Å². The summed E-state index contributed by atoms with van der Waals surface area (Å²) in [4.78, 5) is 12.4. The highest BCUT2D eigenvalue weighted by atomic mass is 16.1. The van der Waals surface area contributed by atoms with E-state index in [1.54, 1.807) is 0 Å². The zero-order valence-corrected chi connectivity index (χ0v) is 11.0. The van der Waals surface area contributed by atoms with Gasteiger partial charge in [0.05, 0.1) is 5.54 Å². The summed E-state index contributed by atoms with van der Waals surface area (Å²) in [5.74, 6) is 0.326. The van der Waals surface area contributed by atoms with E-state index in [9.17, 15) is 4.79 Å². The molecule has 92 valence electrons. The van der Waals surface area contributed by atoms with E-state index < -0.39 is 0 Å². The molecule has 1 heterocycles. The Balaban J connectivity index is 2.18. The Labute approximate surface area is 103 Å². The van der Waals surface area contributed by atoms with Crippen LogP contribution in [0.1, 0.15) is 36.5 Å². The fourth-order valence-electron chi connectivity index (χ4n) is 2.62. The predicted molar refractivity (Wildman–Crippen MR) is 70.3 cm³/mol. The van der Waals surface area contributed by atoms with Crippen LogP contribution in [0.5, 0.6) is 0 Å². The predicted octanol–water partition coefficient (Wildman–Crippen LogP) is 2.56. The second kappa shape index (κ2) is 4.61. The molecule has 2 heteroatoms. The summed E-state index contributed by atoms with van der Waals surface area (Å²) in [5.41, 5.74) is 3.35. The van der Waals surface area contributed by atoms with Crippen LogP contribution in [0, 0.1) is 13.8 Å². The molecule has 2 nitrogen and oxygen atoms in total. The van der Waals surface area contributed by atoms with Gasteiger partial charge in [0.15, 0.2) is 5.78 Å². The van der Waals surface area contributed by atoms with Crippen LogP contribution in [0.25, 0.3) is 0 Å². The number of ketones is 1. The molecule has 1 N–H and O–H groups in total. The minimum absolute atomic E-state index is 0.297. The molecular formula is C15H21NO. The number of hydrogen-bond donors (Lipinski definition) is 1. The lowest BCUT2D eigenvalue weighted by Gasteiger charge is -2.23. The van der Waals surface area contributed by atoms with E-state index >= 15 is 0 Å². The molecule has 2 rings (SSSR count). The number of hydrogen-bond acceptors (Lipinski definition) is 2. The molecule has 1 aliphatic rings. The van der Waals surface area contributed by atoms with Crippen LogP contribution in [-0.2, 0) is 11.2 Å². The molecule has 0 aromatic heterocycles. The molecule has 1 saturated heterocycles. The summed E-state index contributed by atoms with van der Waals surface area (Å²) in [7, 11) is 0. The van der Waals surface area contributed by atoms with Crippen LogP contribution in [0.15, 0.2) is 18.2 Å². The first kappa shape index (κ1) is 12.3. The van der Waals surface area contributed by atoms with Crippen LogP contribution in [0.3, 0.4) is 0 Å². The van der Waals surface area contributed by atoms with Crippen molar-refractivity contribution >= 4 is 5.78 Å². The molecule has 0 aliphatic carbocycles. The van der Waals surface area contributed by atoms with Crippen molar-refractivity contribution in [3.63, 3.8) is 0 Å². The van der Waals surface area contributed by atoms with Crippen molar-refractivity contribution in [3.8, 4) is 0 Å². The first-order valence-corrected chi connectivity index (χ1v) is 6.36. The molecule has 1 unspecified atom stereocenters. The first-order chi connectivity index (χ1) is 8.03. The molecule has 17 heavy (non-hydrogen) atoms. The SMILES string of the molecule is Cc1cccc(C)c1CC(=O)C1(C)CCCN1. The van der Waals surface area contributed by atoms with Crippen LogP contribution in [0.4, 0.5) is 0 Å². The first-order valence-electron chi connectivity index (χ1n) is 6.36. The van der Waals surface area contributed by atoms with Gasteiger partial charge in [0.2, 0.25) is 0 Å². The third kappa shape index (κ3) is 2.42. The van der Waals surface area contributed by atoms with Crippen LogP contribution in [0.2, 0.25) is 0 Å². The minimum atomic E-state index is -0.297. The summed E-state index contributed by atoms with van der Waals surface area (Å²) in [5, 5.41) is 3.34. The van der Waals surface area contributed by atoms with Gasteiger partial charge in [-0.2, -0.15) is 0 Å². The van der Waals surface area contributed by atoms with E-state index in [-0.39, 0.29) is 5.54 Å². The summed E-state index contributed by atoms with van der Waals surface area (Å²) in [6, 6.07) is 6.22. The van der Waals surface area contributed by atoms with Gasteiger partial charge in [-0.3, -0.25) is 4.79 Å². The number of benzene rings is 1. The fraction of sp³-hybridized carbons (Fsp3) is 0.533. The quantitative estimate of drug-likeness (QED) is 0.866. The van der Waals surface area contributed by atoms with Gasteiger partial charge in [0.25, 0.3) is 0 Å². The third-order valence-corrected chi connectivity index (χ3v) is 3.97. The fourth-order valence-corrected chi connectivity index (χ4v) is 2.62. The third-order valence-electron chi connectivity index (χ3n) is 3.97. The smallest absolute Gasteiger partial charge is 0.156 e. The molecule has 0 bridgehead atoms. The lowest BCUT2D eigenvalue weighted by molar-refractivity contribution is -0.123. The largest absolute Gasteiger partial charge is 0.305 e. The Morgan fingerprint density at radius 2 is 2.00 bits per heavy atom. The lowest BCUT2D eigenvalue weighted by Crippen LogP contribution is -2.45. The van der Waals surface area contributed by atoms with E-state index in [2.05, 4.69) is 31.3 Å². The van der Waals surface area contributed by atoms with Gasteiger partial charge in [0.1, 0.15) is 0 Å². The Bertz CT molecular complexity index is 410. The Kier molecular flexibility index (Phi) is 3.34. The van der Waals surface area contributed by atoms with Gasteiger partial charge in [-0.15, -0.1) is 0 Å². The van der Waals surface area contributed by atoms with Crippen LogP contribution < -0.4 is 5.32 Å². The van der Waals surface area contributed by atoms with E-state index in [4.69, 9.17) is 0 Å². The maximum atomic E-state index is 12.4. The van der Waals surface area contributed by atoms with Crippen LogP contribution in [-0.4, -0.2) is 17.9 Å². The molecular weight excluding hydrogens is 210 g/mol.